The summed E-state index contributed by atoms with van der Waals surface area (Å²) in [5.41, 5.74) is 0.867. The summed E-state index contributed by atoms with van der Waals surface area (Å²) in [7, 11) is 0. The molecule has 2 nitrogen and oxygen atoms in total. The molecule has 0 saturated heterocycles. The molecule has 1 aromatic carbocycles. The highest BCUT2D eigenvalue weighted by Gasteiger charge is 1.96. The van der Waals surface area contributed by atoms with E-state index < -0.39 is 0 Å². The first-order valence-corrected chi connectivity index (χ1v) is 4.71. The Kier molecular flexibility index (Phi) is 4.33. The van der Waals surface area contributed by atoms with Gasteiger partial charge in [-0.1, -0.05) is 18.2 Å². The van der Waals surface area contributed by atoms with Gasteiger partial charge in [0.2, 0.25) is 5.90 Å². The molecule has 0 fully saturated rings. The summed E-state index contributed by atoms with van der Waals surface area (Å²) in [6.45, 7) is 2.51. The van der Waals surface area contributed by atoms with Gasteiger partial charge in [-0.25, -0.2) is 4.99 Å². The number of alkyl halides is 1. The van der Waals surface area contributed by atoms with Crippen LogP contribution in [0.2, 0.25) is 0 Å². The fourth-order valence-electron chi connectivity index (χ4n) is 0.914. The van der Waals surface area contributed by atoms with Crippen molar-refractivity contribution in [2.45, 2.75) is 6.92 Å². The van der Waals surface area contributed by atoms with Crippen LogP contribution in [0.3, 0.4) is 0 Å². The lowest BCUT2D eigenvalue weighted by Crippen LogP contribution is -2.05. The van der Waals surface area contributed by atoms with E-state index in [9.17, 15) is 0 Å². The Morgan fingerprint density at radius 3 is 2.62 bits per heavy atom. The van der Waals surface area contributed by atoms with E-state index in [0.717, 1.165) is 5.69 Å². The Bertz CT molecular complexity index is 272. The Labute approximate surface area is 83.2 Å². The molecule has 3 heteroatoms. The Morgan fingerprint density at radius 2 is 2.08 bits per heavy atom. The second kappa shape index (κ2) is 5.60. The van der Waals surface area contributed by atoms with Crippen LogP contribution in [0.5, 0.6) is 0 Å². The number of para-hydroxylation sites is 1. The van der Waals surface area contributed by atoms with Crippen LogP contribution >= 0.6 is 11.6 Å². The smallest absolute Gasteiger partial charge is 0.203 e. The highest BCUT2D eigenvalue weighted by atomic mass is 35.5. The van der Waals surface area contributed by atoms with Gasteiger partial charge in [0.15, 0.2) is 0 Å². The third-order valence-corrected chi connectivity index (χ3v) is 1.66. The molecule has 0 radical (unpaired) electrons. The van der Waals surface area contributed by atoms with Crippen LogP contribution in [0.25, 0.3) is 0 Å². The van der Waals surface area contributed by atoms with Crippen molar-refractivity contribution in [2.24, 2.45) is 4.99 Å². The van der Waals surface area contributed by atoms with E-state index in [1.54, 1.807) is 0 Å². The third-order valence-electron chi connectivity index (χ3n) is 1.44. The molecule has 0 aliphatic carbocycles. The van der Waals surface area contributed by atoms with Gasteiger partial charge in [0, 0.05) is 0 Å². The minimum Gasteiger partial charge on any atom is -0.480 e. The van der Waals surface area contributed by atoms with Gasteiger partial charge in [0.1, 0.15) is 0 Å². The lowest BCUT2D eigenvalue weighted by molar-refractivity contribution is 0.325. The third kappa shape index (κ3) is 3.47. The topological polar surface area (TPSA) is 21.6 Å². The monoisotopic (exact) mass is 197 g/mol. The molecule has 70 valence electrons. The minimum atomic E-state index is 0.308. The molecular formula is C10H12ClNO. The summed E-state index contributed by atoms with van der Waals surface area (Å²) >= 11 is 5.64. The summed E-state index contributed by atoms with van der Waals surface area (Å²) in [4.78, 5) is 4.23. The first kappa shape index (κ1) is 10.1. The highest BCUT2D eigenvalue weighted by Crippen LogP contribution is 2.10. The van der Waals surface area contributed by atoms with Crippen molar-refractivity contribution in [3.8, 4) is 0 Å². The molecule has 0 spiro atoms. The lowest BCUT2D eigenvalue weighted by atomic mass is 10.3. The molecule has 0 N–H and O–H groups in total. The van der Waals surface area contributed by atoms with Crippen LogP contribution in [0.15, 0.2) is 35.3 Å². The fourth-order valence-corrected chi connectivity index (χ4v) is 1.05. The zero-order chi connectivity index (χ0) is 9.52. The number of aliphatic imine (C=N–C) groups is 1. The van der Waals surface area contributed by atoms with Crippen molar-refractivity contribution in [2.75, 3.05) is 12.5 Å². The number of nitrogens with zero attached hydrogens (tertiary/aromatic N) is 1. The van der Waals surface area contributed by atoms with Gasteiger partial charge in [-0.15, -0.1) is 11.6 Å². The maximum absolute atomic E-state index is 5.64. The maximum Gasteiger partial charge on any atom is 0.203 e. The number of halogens is 1. The normalized spacial score (nSPS) is 11.4. The molecule has 0 amide bonds. The quantitative estimate of drug-likeness (QED) is 0.415. The molecule has 0 atom stereocenters. The van der Waals surface area contributed by atoms with Gasteiger partial charge in [-0.3, -0.25) is 0 Å². The fraction of sp³-hybridized carbons (Fsp3) is 0.300. The van der Waals surface area contributed by atoms with Crippen molar-refractivity contribution in [1.82, 2.24) is 0 Å². The number of hydrogen-bond acceptors (Lipinski definition) is 2. The highest BCUT2D eigenvalue weighted by molar-refractivity contribution is 6.27. The Hall–Kier alpha value is -1.02. The summed E-state index contributed by atoms with van der Waals surface area (Å²) in [6, 6.07) is 9.62. The number of ether oxygens (including phenoxy) is 1. The summed E-state index contributed by atoms with van der Waals surface area (Å²) in [5.74, 6) is 0.873. The summed E-state index contributed by atoms with van der Waals surface area (Å²) in [5, 5.41) is 0. The van der Waals surface area contributed by atoms with Crippen molar-refractivity contribution >= 4 is 23.2 Å². The lowest BCUT2D eigenvalue weighted by Gasteiger charge is -2.02. The van der Waals surface area contributed by atoms with E-state index in [1.807, 2.05) is 37.3 Å². The van der Waals surface area contributed by atoms with Gasteiger partial charge in [-0.2, -0.15) is 0 Å². The second-order valence-corrected chi connectivity index (χ2v) is 2.67. The van der Waals surface area contributed by atoms with Crippen molar-refractivity contribution in [3.05, 3.63) is 30.3 Å². The molecule has 0 bridgehead atoms. The minimum absolute atomic E-state index is 0.308. The predicted octanol–water partition coefficient (Wildman–Crippen LogP) is 2.99. The van der Waals surface area contributed by atoms with Crippen LogP contribution in [0.1, 0.15) is 6.92 Å². The average Bonchev–Trinajstić information content (AvgIpc) is 2.19. The van der Waals surface area contributed by atoms with Crippen LogP contribution in [-0.2, 0) is 4.74 Å². The zero-order valence-electron chi connectivity index (χ0n) is 7.53. The van der Waals surface area contributed by atoms with Crippen molar-refractivity contribution < 1.29 is 4.74 Å². The van der Waals surface area contributed by atoms with Gasteiger partial charge in [0.25, 0.3) is 0 Å². The SMILES string of the molecule is CCO/C(CCl)=N/c1ccccc1. The van der Waals surface area contributed by atoms with Crippen LogP contribution in [0.4, 0.5) is 5.69 Å². The maximum atomic E-state index is 5.64. The van der Waals surface area contributed by atoms with Crippen LogP contribution in [-0.4, -0.2) is 18.4 Å². The van der Waals surface area contributed by atoms with E-state index in [1.165, 1.54) is 0 Å². The zero-order valence-corrected chi connectivity index (χ0v) is 8.29. The first-order valence-electron chi connectivity index (χ1n) is 4.18. The number of rotatable bonds is 3. The van der Waals surface area contributed by atoms with E-state index in [2.05, 4.69) is 4.99 Å². The van der Waals surface area contributed by atoms with Gasteiger partial charge < -0.3 is 4.74 Å². The van der Waals surface area contributed by atoms with E-state index in [0.29, 0.717) is 18.4 Å². The Morgan fingerprint density at radius 1 is 1.38 bits per heavy atom. The largest absolute Gasteiger partial charge is 0.480 e. The van der Waals surface area contributed by atoms with E-state index in [4.69, 9.17) is 16.3 Å². The Balaban J connectivity index is 2.73. The molecule has 0 aliphatic rings. The van der Waals surface area contributed by atoms with Gasteiger partial charge in [0.05, 0.1) is 18.2 Å². The van der Waals surface area contributed by atoms with Crippen molar-refractivity contribution in [1.29, 1.82) is 0 Å². The molecule has 0 aliphatic heterocycles. The van der Waals surface area contributed by atoms with Gasteiger partial charge >= 0.3 is 0 Å². The standard InChI is InChI=1S/C10H12ClNO/c1-2-13-10(8-11)12-9-6-4-3-5-7-9/h3-7H,2,8H2,1H3/b12-10+. The summed E-state index contributed by atoms with van der Waals surface area (Å²) < 4.78 is 5.21. The van der Waals surface area contributed by atoms with Crippen LogP contribution in [0, 0.1) is 0 Å². The molecule has 0 unspecified atom stereocenters. The summed E-state index contributed by atoms with van der Waals surface area (Å²) in [6.07, 6.45) is 0. The number of benzene rings is 1. The molecule has 0 heterocycles. The number of hydrogen-bond donors (Lipinski definition) is 0. The molecule has 0 aromatic heterocycles. The van der Waals surface area contributed by atoms with Gasteiger partial charge in [-0.05, 0) is 19.1 Å². The molecule has 1 rings (SSSR count). The molecule has 0 saturated carbocycles. The van der Waals surface area contributed by atoms with Crippen LogP contribution < -0.4 is 0 Å². The second-order valence-electron chi connectivity index (χ2n) is 2.41. The van der Waals surface area contributed by atoms with Crippen molar-refractivity contribution in [3.63, 3.8) is 0 Å². The molecular weight excluding hydrogens is 186 g/mol. The first-order chi connectivity index (χ1) is 6.36. The predicted molar refractivity (Wildman–Crippen MR) is 55.9 cm³/mol. The molecule has 13 heavy (non-hydrogen) atoms. The van der Waals surface area contributed by atoms with E-state index >= 15 is 0 Å². The van der Waals surface area contributed by atoms with E-state index in [-0.39, 0.29) is 0 Å². The molecule has 1 aromatic rings. The average molecular weight is 198 g/mol.